The van der Waals surface area contributed by atoms with Gasteiger partial charge in [-0.25, -0.2) is 0 Å². The van der Waals surface area contributed by atoms with Gasteiger partial charge in [-0.05, 0) is 29.7 Å². The number of nitrogens with two attached hydrogens (primary N) is 1. The van der Waals surface area contributed by atoms with Crippen LogP contribution in [0, 0.1) is 0 Å². The zero-order valence-corrected chi connectivity index (χ0v) is 11.1. The molecule has 0 aliphatic rings. The standard InChI is InChI=1S/C16H18N2O2/c17-15(11-19)16(20)18-14-8-6-13(7-9-14)10-12-4-2-1-3-5-12/h1-9,15,19H,10-11,17H2,(H,18,20)/t15-/m0/s1. The number of hydrogen-bond acceptors (Lipinski definition) is 3. The lowest BCUT2D eigenvalue weighted by Gasteiger charge is -2.10. The van der Waals surface area contributed by atoms with E-state index in [0.29, 0.717) is 5.69 Å². The summed E-state index contributed by atoms with van der Waals surface area (Å²) in [5.41, 5.74) is 8.52. The average Bonchev–Trinajstić information content (AvgIpc) is 2.49. The Labute approximate surface area is 118 Å². The van der Waals surface area contributed by atoms with Crippen LogP contribution < -0.4 is 11.1 Å². The lowest BCUT2D eigenvalue weighted by atomic mass is 10.0. The first-order chi connectivity index (χ1) is 9.69. The molecule has 4 nitrogen and oxygen atoms in total. The number of aliphatic hydroxyl groups is 1. The smallest absolute Gasteiger partial charge is 0.243 e. The fraction of sp³-hybridized carbons (Fsp3) is 0.188. The number of rotatable bonds is 5. The summed E-state index contributed by atoms with van der Waals surface area (Å²) in [6.07, 6.45) is 0.852. The van der Waals surface area contributed by atoms with Gasteiger partial charge in [-0.2, -0.15) is 0 Å². The molecule has 4 heteroatoms. The number of amides is 1. The Morgan fingerprint density at radius 3 is 2.25 bits per heavy atom. The van der Waals surface area contributed by atoms with Crippen LogP contribution in [0.25, 0.3) is 0 Å². The number of benzene rings is 2. The number of carbonyl (C=O) groups excluding carboxylic acids is 1. The second kappa shape index (κ2) is 6.84. The Hall–Kier alpha value is -2.17. The van der Waals surface area contributed by atoms with Crippen LogP contribution in [0.1, 0.15) is 11.1 Å². The average molecular weight is 270 g/mol. The highest BCUT2D eigenvalue weighted by Crippen LogP contribution is 2.13. The van der Waals surface area contributed by atoms with Crippen LogP contribution in [0.2, 0.25) is 0 Å². The third-order valence-corrected chi connectivity index (χ3v) is 3.01. The van der Waals surface area contributed by atoms with E-state index in [4.69, 9.17) is 10.8 Å². The molecule has 0 aliphatic heterocycles. The largest absolute Gasteiger partial charge is 0.394 e. The predicted octanol–water partition coefficient (Wildman–Crippen LogP) is 1.54. The molecule has 0 saturated heterocycles. The highest BCUT2D eigenvalue weighted by atomic mass is 16.3. The summed E-state index contributed by atoms with van der Waals surface area (Å²) in [4.78, 5) is 11.5. The minimum atomic E-state index is -0.890. The van der Waals surface area contributed by atoms with Crippen molar-refractivity contribution < 1.29 is 9.90 Å². The summed E-state index contributed by atoms with van der Waals surface area (Å²) in [6.45, 7) is -0.363. The fourth-order valence-electron chi connectivity index (χ4n) is 1.86. The number of hydrogen-bond donors (Lipinski definition) is 3. The maximum absolute atomic E-state index is 11.5. The van der Waals surface area contributed by atoms with Gasteiger partial charge in [0.2, 0.25) is 5.91 Å². The first-order valence-corrected chi connectivity index (χ1v) is 6.49. The molecular formula is C16H18N2O2. The Morgan fingerprint density at radius 2 is 1.65 bits per heavy atom. The van der Waals surface area contributed by atoms with E-state index < -0.39 is 6.04 Å². The van der Waals surface area contributed by atoms with Gasteiger partial charge < -0.3 is 16.2 Å². The minimum absolute atomic E-state index is 0.363. The summed E-state index contributed by atoms with van der Waals surface area (Å²) in [5, 5.41) is 11.5. The van der Waals surface area contributed by atoms with Crippen LogP contribution in [-0.4, -0.2) is 23.7 Å². The van der Waals surface area contributed by atoms with E-state index in [2.05, 4.69) is 17.4 Å². The molecule has 1 atom stereocenters. The Bertz CT molecular complexity index is 552. The van der Waals surface area contributed by atoms with Gasteiger partial charge in [-0.15, -0.1) is 0 Å². The summed E-state index contributed by atoms with van der Waals surface area (Å²) in [7, 11) is 0. The van der Waals surface area contributed by atoms with E-state index in [1.165, 1.54) is 11.1 Å². The first-order valence-electron chi connectivity index (χ1n) is 6.49. The molecule has 2 aromatic rings. The van der Waals surface area contributed by atoms with E-state index in [1.54, 1.807) is 0 Å². The van der Waals surface area contributed by atoms with E-state index in [1.807, 2.05) is 42.5 Å². The van der Waals surface area contributed by atoms with Gasteiger partial charge in [0.25, 0.3) is 0 Å². The molecule has 0 aliphatic carbocycles. The van der Waals surface area contributed by atoms with Crippen LogP contribution in [-0.2, 0) is 11.2 Å². The van der Waals surface area contributed by atoms with Gasteiger partial charge in [0.05, 0.1) is 6.61 Å². The summed E-state index contributed by atoms with van der Waals surface area (Å²) in [5.74, 6) is -0.386. The van der Waals surface area contributed by atoms with E-state index >= 15 is 0 Å². The molecule has 2 aromatic carbocycles. The maximum atomic E-state index is 11.5. The van der Waals surface area contributed by atoms with Crippen molar-refractivity contribution in [2.45, 2.75) is 12.5 Å². The Balaban J connectivity index is 1.98. The van der Waals surface area contributed by atoms with Crippen molar-refractivity contribution in [3.8, 4) is 0 Å². The third kappa shape index (κ3) is 3.91. The third-order valence-electron chi connectivity index (χ3n) is 3.01. The quantitative estimate of drug-likeness (QED) is 0.771. The van der Waals surface area contributed by atoms with Crippen molar-refractivity contribution in [1.82, 2.24) is 0 Å². The molecule has 2 rings (SSSR count). The Morgan fingerprint density at radius 1 is 1.05 bits per heavy atom. The number of nitrogens with one attached hydrogen (secondary N) is 1. The van der Waals surface area contributed by atoms with E-state index in [0.717, 1.165) is 6.42 Å². The SMILES string of the molecule is N[C@@H](CO)C(=O)Nc1ccc(Cc2ccccc2)cc1. The number of aliphatic hydroxyl groups excluding tert-OH is 1. The van der Waals surface area contributed by atoms with Crippen molar-refractivity contribution >= 4 is 11.6 Å². The normalized spacial score (nSPS) is 11.9. The second-order valence-electron chi connectivity index (χ2n) is 4.64. The van der Waals surface area contributed by atoms with Crippen molar-refractivity contribution in [3.63, 3.8) is 0 Å². The number of carbonyl (C=O) groups is 1. The second-order valence-corrected chi connectivity index (χ2v) is 4.64. The number of anilines is 1. The van der Waals surface area contributed by atoms with Gasteiger partial charge in [-0.3, -0.25) is 4.79 Å². The summed E-state index contributed by atoms with van der Waals surface area (Å²) in [6, 6.07) is 16.9. The molecule has 104 valence electrons. The van der Waals surface area contributed by atoms with Gasteiger partial charge >= 0.3 is 0 Å². The van der Waals surface area contributed by atoms with E-state index in [-0.39, 0.29) is 12.5 Å². The lowest BCUT2D eigenvalue weighted by molar-refractivity contribution is -0.118. The van der Waals surface area contributed by atoms with Crippen molar-refractivity contribution in [2.24, 2.45) is 5.73 Å². The molecule has 0 radical (unpaired) electrons. The molecule has 20 heavy (non-hydrogen) atoms. The molecule has 1 amide bonds. The van der Waals surface area contributed by atoms with Crippen molar-refractivity contribution in [2.75, 3.05) is 11.9 Å². The topological polar surface area (TPSA) is 75.3 Å². The van der Waals surface area contributed by atoms with Crippen LogP contribution in [0.3, 0.4) is 0 Å². The fourth-order valence-corrected chi connectivity index (χ4v) is 1.86. The van der Waals surface area contributed by atoms with Gasteiger partial charge in [0.15, 0.2) is 0 Å². The molecule has 0 aromatic heterocycles. The van der Waals surface area contributed by atoms with Crippen LogP contribution in [0.4, 0.5) is 5.69 Å². The zero-order chi connectivity index (χ0) is 14.4. The highest BCUT2D eigenvalue weighted by molar-refractivity contribution is 5.94. The van der Waals surface area contributed by atoms with Crippen molar-refractivity contribution in [3.05, 3.63) is 65.7 Å². The summed E-state index contributed by atoms with van der Waals surface area (Å²) < 4.78 is 0. The van der Waals surface area contributed by atoms with Gasteiger partial charge in [0, 0.05) is 5.69 Å². The Kier molecular flexibility index (Phi) is 4.87. The molecule has 0 unspecified atom stereocenters. The van der Waals surface area contributed by atoms with Crippen LogP contribution in [0.5, 0.6) is 0 Å². The molecule has 0 bridgehead atoms. The highest BCUT2D eigenvalue weighted by Gasteiger charge is 2.11. The van der Waals surface area contributed by atoms with Gasteiger partial charge in [0.1, 0.15) is 6.04 Å². The maximum Gasteiger partial charge on any atom is 0.243 e. The molecule has 4 N–H and O–H groups in total. The first kappa shape index (κ1) is 14.2. The zero-order valence-electron chi connectivity index (χ0n) is 11.1. The molecular weight excluding hydrogens is 252 g/mol. The molecule has 0 heterocycles. The van der Waals surface area contributed by atoms with Crippen LogP contribution >= 0.6 is 0 Å². The van der Waals surface area contributed by atoms with Crippen LogP contribution in [0.15, 0.2) is 54.6 Å². The monoisotopic (exact) mass is 270 g/mol. The van der Waals surface area contributed by atoms with E-state index in [9.17, 15) is 4.79 Å². The molecule has 0 fully saturated rings. The van der Waals surface area contributed by atoms with Gasteiger partial charge in [-0.1, -0.05) is 42.5 Å². The molecule has 0 spiro atoms. The van der Waals surface area contributed by atoms with Crippen molar-refractivity contribution in [1.29, 1.82) is 0 Å². The lowest BCUT2D eigenvalue weighted by Crippen LogP contribution is -2.38. The predicted molar refractivity (Wildman–Crippen MR) is 79.4 cm³/mol. The molecule has 0 saturated carbocycles. The minimum Gasteiger partial charge on any atom is -0.394 e. The summed E-state index contributed by atoms with van der Waals surface area (Å²) >= 11 is 0.